The molecule has 0 bridgehead atoms. The fourth-order valence-corrected chi connectivity index (χ4v) is 3.05. The molecule has 2 heterocycles. The third-order valence-corrected chi connectivity index (χ3v) is 4.18. The monoisotopic (exact) mass is 322 g/mol. The predicted octanol–water partition coefficient (Wildman–Crippen LogP) is 0.816. The van der Waals surface area contributed by atoms with Crippen LogP contribution in [0.25, 0.3) is 0 Å². The number of alkyl halides is 2. The van der Waals surface area contributed by atoms with Crippen LogP contribution in [-0.4, -0.2) is 92.6 Å². The molecule has 0 spiro atoms. The lowest BCUT2D eigenvalue weighted by atomic mass is 10.2. The Balaban J connectivity index is 1.58. The molecule has 0 aromatic heterocycles. The van der Waals surface area contributed by atoms with Gasteiger partial charge in [0, 0.05) is 26.2 Å². The Hall–Kier alpha value is -0.340. The summed E-state index contributed by atoms with van der Waals surface area (Å²) in [4.78, 5) is 3.93. The number of aliphatic hydroxyl groups is 1. The lowest BCUT2D eigenvalue weighted by Crippen LogP contribution is -2.38. The van der Waals surface area contributed by atoms with Crippen molar-refractivity contribution in [1.29, 1.82) is 0 Å². The number of hydrogen-bond acceptors (Lipinski definition) is 5. The average molecular weight is 322 g/mol. The fourth-order valence-electron chi connectivity index (χ4n) is 3.05. The topological polar surface area (TPSA) is 45.2 Å². The van der Waals surface area contributed by atoms with E-state index >= 15 is 0 Å². The van der Waals surface area contributed by atoms with E-state index in [0.29, 0.717) is 32.8 Å². The van der Waals surface area contributed by atoms with Gasteiger partial charge < -0.3 is 14.6 Å². The zero-order chi connectivity index (χ0) is 15.8. The molecule has 22 heavy (non-hydrogen) atoms. The number of β-amino-alcohol motifs (C(OH)–C–C–N with tert-alkyl or cyclic N) is 1. The maximum absolute atomic E-state index is 12.4. The second-order valence-corrected chi connectivity index (χ2v) is 6.17. The molecule has 2 aliphatic heterocycles. The molecule has 1 N–H and O–H groups in total. The van der Waals surface area contributed by atoms with Crippen molar-refractivity contribution < 1.29 is 23.4 Å². The molecule has 2 atom stereocenters. The van der Waals surface area contributed by atoms with Crippen LogP contribution in [0.15, 0.2) is 0 Å². The molecule has 0 aliphatic carbocycles. The first-order chi connectivity index (χ1) is 10.6. The maximum Gasteiger partial charge on any atom is 0.251 e. The molecule has 5 nitrogen and oxygen atoms in total. The van der Waals surface area contributed by atoms with E-state index < -0.39 is 12.5 Å². The van der Waals surface area contributed by atoms with Crippen LogP contribution in [-0.2, 0) is 9.47 Å². The van der Waals surface area contributed by atoms with Crippen molar-refractivity contribution in [2.45, 2.75) is 37.9 Å². The maximum atomic E-state index is 12.4. The highest BCUT2D eigenvalue weighted by Gasteiger charge is 2.20. The van der Waals surface area contributed by atoms with Gasteiger partial charge in [0.15, 0.2) is 0 Å². The van der Waals surface area contributed by atoms with E-state index in [2.05, 4.69) is 4.90 Å². The summed E-state index contributed by atoms with van der Waals surface area (Å²) in [5, 5.41) is 10.0. The highest BCUT2D eigenvalue weighted by molar-refractivity contribution is 4.73. The quantitative estimate of drug-likeness (QED) is 0.717. The Morgan fingerprint density at radius 2 is 1.82 bits per heavy atom. The summed E-state index contributed by atoms with van der Waals surface area (Å²) < 4.78 is 35.8. The van der Waals surface area contributed by atoms with Gasteiger partial charge in [-0.05, 0) is 32.4 Å². The van der Waals surface area contributed by atoms with Crippen LogP contribution >= 0.6 is 0 Å². The van der Waals surface area contributed by atoms with Crippen LogP contribution in [0.1, 0.15) is 19.3 Å². The van der Waals surface area contributed by atoms with Crippen molar-refractivity contribution in [3.05, 3.63) is 0 Å². The van der Waals surface area contributed by atoms with Gasteiger partial charge in [-0.1, -0.05) is 0 Å². The lowest BCUT2D eigenvalue weighted by molar-refractivity contribution is -0.0249. The molecule has 0 radical (unpaired) electrons. The van der Waals surface area contributed by atoms with E-state index in [1.54, 1.807) is 4.90 Å². The van der Waals surface area contributed by atoms with E-state index in [1.807, 2.05) is 0 Å². The summed E-state index contributed by atoms with van der Waals surface area (Å²) in [5.74, 6) is 0. The highest BCUT2D eigenvalue weighted by Crippen LogP contribution is 2.12. The van der Waals surface area contributed by atoms with Gasteiger partial charge in [0.05, 0.1) is 32.0 Å². The fraction of sp³-hybridized carbons (Fsp3) is 1.00. The van der Waals surface area contributed by atoms with E-state index in [9.17, 15) is 13.9 Å². The standard InChI is InChI=1S/C15H28F2N2O3/c16-15(17)10-19-5-2-4-18(6-7-19)9-13(20)11-21-12-14-3-1-8-22-14/h13-15,20H,1-12H2. The van der Waals surface area contributed by atoms with E-state index in [0.717, 1.165) is 39.0 Å². The zero-order valence-electron chi connectivity index (χ0n) is 13.1. The second-order valence-electron chi connectivity index (χ2n) is 6.17. The van der Waals surface area contributed by atoms with E-state index in [1.165, 1.54) is 0 Å². The van der Waals surface area contributed by atoms with Gasteiger partial charge in [0.1, 0.15) is 0 Å². The van der Waals surface area contributed by atoms with Crippen molar-refractivity contribution in [2.75, 3.05) is 59.1 Å². The zero-order valence-corrected chi connectivity index (χ0v) is 13.1. The van der Waals surface area contributed by atoms with Gasteiger partial charge in [0.2, 0.25) is 0 Å². The number of nitrogens with zero attached hydrogens (tertiary/aromatic N) is 2. The SMILES string of the molecule is OC(COCC1CCCO1)CN1CCCN(CC(F)F)CC1. The van der Waals surface area contributed by atoms with E-state index in [4.69, 9.17) is 9.47 Å². The summed E-state index contributed by atoms with van der Waals surface area (Å²) in [5.41, 5.74) is 0. The summed E-state index contributed by atoms with van der Waals surface area (Å²) in [6.45, 7) is 4.92. The van der Waals surface area contributed by atoms with Crippen LogP contribution in [0.5, 0.6) is 0 Å². The average Bonchev–Trinajstić information content (AvgIpc) is 2.88. The first kappa shape index (κ1) is 18.0. The number of halogens is 2. The first-order valence-corrected chi connectivity index (χ1v) is 8.23. The largest absolute Gasteiger partial charge is 0.389 e. The minimum atomic E-state index is -2.27. The number of ether oxygens (including phenoxy) is 2. The Kier molecular flexibility index (Phi) is 7.96. The summed E-state index contributed by atoms with van der Waals surface area (Å²) in [7, 11) is 0. The summed E-state index contributed by atoms with van der Waals surface area (Å²) >= 11 is 0. The molecule has 2 unspecified atom stereocenters. The second kappa shape index (κ2) is 9.72. The minimum absolute atomic E-state index is 0.152. The van der Waals surface area contributed by atoms with Crippen molar-refractivity contribution in [2.24, 2.45) is 0 Å². The first-order valence-electron chi connectivity index (χ1n) is 8.23. The molecule has 0 aromatic carbocycles. The van der Waals surface area contributed by atoms with Crippen LogP contribution in [0, 0.1) is 0 Å². The third-order valence-electron chi connectivity index (χ3n) is 4.18. The predicted molar refractivity (Wildman–Crippen MR) is 79.3 cm³/mol. The normalized spacial score (nSPS) is 26.5. The number of hydrogen-bond donors (Lipinski definition) is 1. The van der Waals surface area contributed by atoms with Gasteiger partial charge in [-0.25, -0.2) is 8.78 Å². The highest BCUT2D eigenvalue weighted by atomic mass is 19.3. The molecule has 2 aliphatic rings. The van der Waals surface area contributed by atoms with Crippen LogP contribution < -0.4 is 0 Å². The van der Waals surface area contributed by atoms with Gasteiger partial charge >= 0.3 is 0 Å². The summed E-state index contributed by atoms with van der Waals surface area (Å²) in [6, 6.07) is 0. The minimum Gasteiger partial charge on any atom is -0.389 e. The lowest BCUT2D eigenvalue weighted by Gasteiger charge is -2.24. The molecule has 2 fully saturated rings. The van der Waals surface area contributed by atoms with Crippen molar-refractivity contribution in [3.63, 3.8) is 0 Å². The Labute approximate surface area is 131 Å². The van der Waals surface area contributed by atoms with Gasteiger partial charge in [-0.2, -0.15) is 0 Å². The van der Waals surface area contributed by atoms with Gasteiger partial charge in [-0.3, -0.25) is 9.80 Å². The van der Waals surface area contributed by atoms with Gasteiger partial charge in [-0.15, -0.1) is 0 Å². The molecule has 0 saturated carbocycles. The molecule has 2 rings (SSSR count). The van der Waals surface area contributed by atoms with Gasteiger partial charge in [0.25, 0.3) is 6.43 Å². The molecular weight excluding hydrogens is 294 g/mol. The number of aliphatic hydroxyl groups excluding tert-OH is 1. The summed E-state index contributed by atoms with van der Waals surface area (Å²) in [6.07, 6.45) is 0.331. The van der Waals surface area contributed by atoms with Crippen molar-refractivity contribution >= 4 is 0 Å². The van der Waals surface area contributed by atoms with E-state index in [-0.39, 0.29) is 12.6 Å². The molecule has 0 amide bonds. The third kappa shape index (κ3) is 6.83. The molecule has 130 valence electrons. The molecule has 2 saturated heterocycles. The van der Waals surface area contributed by atoms with Crippen LogP contribution in [0.2, 0.25) is 0 Å². The van der Waals surface area contributed by atoms with Crippen molar-refractivity contribution in [3.8, 4) is 0 Å². The van der Waals surface area contributed by atoms with Crippen LogP contribution in [0.3, 0.4) is 0 Å². The molecule has 7 heteroatoms. The molecule has 0 aromatic rings. The number of rotatable bonds is 8. The molecular formula is C15H28F2N2O3. The Morgan fingerprint density at radius 3 is 2.45 bits per heavy atom. The van der Waals surface area contributed by atoms with Crippen molar-refractivity contribution in [1.82, 2.24) is 9.80 Å². The smallest absolute Gasteiger partial charge is 0.251 e. The Bertz CT molecular complexity index is 305. The van der Waals surface area contributed by atoms with Crippen LogP contribution in [0.4, 0.5) is 8.78 Å². The Morgan fingerprint density at radius 1 is 1.09 bits per heavy atom.